The Hall–Kier alpha value is -2.61. The fraction of sp³-hybridized carbons (Fsp3) is 0.0909. The van der Waals surface area contributed by atoms with Gasteiger partial charge < -0.3 is 15.7 Å². The van der Waals surface area contributed by atoms with Gasteiger partial charge in [-0.2, -0.15) is 0 Å². The Morgan fingerprint density at radius 1 is 1.65 bits per heavy atom. The highest BCUT2D eigenvalue weighted by atomic mass is 35.5. The number of fused-ring (bicyclic) bond motifs is 1. The van der Waals surface area contributed by atoms with E-state index in [1.54, 1.807) is 6.07 Å². The van der Waals surface area contributed by atoms with Gasteiger partial charge in [-0.05, 0) is 12.1 Å². The zero-order chi connectivity index (χ0) is 14.7. The maximum Gasteiger partial charge on any atom is 0.280 e. The van der Waals surface area contributed by atoms with Crippen molar-refractivity contribution >= 4 is 34.0 Å². The second kappa shape index (κ2) is 5.57. The number of oxime groups is 1. The lowest BCUT2D eigenvalue weighted by Crippen LogP contribution is -2.21. The van der Waals surface area contributed by atoms with E-state index in [1.165, 1.54) is 18.3 Å². The molecule has 9 heteroatoms. The molecule has 0 spiro atoms. The molecule has 0 saturated heterocycles. The van der Waals surface area contributed by atoms with E-state index >= 15 is 0 Å². The van der Waals surface area contributed by atoms with Crippen LogP contribution in [0.1, 0.15) is 0 Å². The lowest BCUT2D eigenvalue weighted by atomic mass is 10.1. The van der Waals surface area contributed by atoms with E-state index in [-0.39, 0.29) is 39.8 Å². The van der Waals surface area contributed by atoms with Gasteiger partial charge in [-0.25, -0.2) is 0 Å². The van der Waals surface area contributed by atoms with E-state index in [9.17, 15) is 10.1 Å². The van der Waals surface area contributed by atoms with Crippen LogP contribution in [0.4, 0.5) is 5.69 Å². The summed E-state index contributed by atoms with van der Waals surface area (Å²) in [5.41, 5.74) is 5.36. The summed E-state index contributed by atoms with van der Waals surface area (Å²) in [6.07, 6.45) is 1.46. The molecule has 0 amide bonds. The molecule has 104 valence electrons. The number of non-ortho nitro benzene ring substituents is 1. The fourth-order valence-electron chi connectivity index (χ4n) is 1.63. The minimum atomic E-state index is -0.552. The Bertz CT molecular complexity index is 704. The molecule has 1 aromatic carbocycles. The number of nitro groups is 1. The van der Waals surface area contributed by atoms with Gasteiger partial charge in [-0.15, -0.1) is 0 Å². The Morgan fingerprint density at radius 2 is 2.40 bits per heavy atom. The third-order valence-electron chi connectivity index (χ3n) is 2.47. The Kier molecular flexibility index (Phi) is 3.85. The normalized spacial score (nSPS) is 11.6. The van der Waals surface area contributed by atoms with Gasteiger partial charge >= 0.3 is 0 Å². The van der Waals surface area contributed by atoms with E-state index in [1.807, 2.05) is 0 Å². The van der Waals surface area contributed by atoms with Gasteiger partial charge in [0.2, 0.25) is 0 Å². The van der Waals surface area contributed by atoms with Gasteiger partial charge in [0.05, 0.1) is 15.3 Å². The minimum absolute atomic E-state index is 0.0219. The van der Waals surface area contributed by atoms with Crippen LogP contribution >= 0.6 is 11.6 Å². The lowest BCUT2D eigenvalue weighted by Gasteiger charge is -2.10. The molecule has 1 heterocycles. The predicted octanol–water partition coefficient (Wildman–Crippen LogP) is 1.92. The first-order valence-electron chi connectivity index (χ1n) is 5.35. The van der Waals surface area contributed by atoms with Crippen LogP contribution < -0.4 is 10.5 Å². The van der Waals surface area contributed by atoms with E-state index in [0.29, 0.717) is 0 Å². The monoisotopic (exact) mass is 296 g/mol. The van der Waals surface area contributed by atoms with E-state index < -0.39 is 4.92 Å². The molecule has 3 N–H and O–H groups in total. The first kappa shape index (κ1) is 13.8. The number of nitro benzene ring substituents is 1. The largest absolute Gasteiger partial charge is 0.482 e. The van der Waals surface area contributed by atoms with Crippen LogP contribution in [-0.4, -0.2) is 27.6 Å². The smallest absolute Gasteiger partial charge is 0.280 e. The van der Waals surface area contributed by atoms with Gasteiger partial charge in [-0.1, -0.05) is 16.8 Å². The number of nitrogens with zero attached hydrogens (tertiary/aromatic N) is 3. The molecular weight excluding hydrogens is 288 g/mol. The number of hydrogen-bond donors (Lipinski definition) is 2. The number of nitrogens with two attached hydrogens (primary N) is 1. The van der Waals surface area contributed by atoms with Crippen molar-refractivity contribution in [2.24, 2.45) is 10.9 Å². The summed E-state index contributed by atoms with van der Waals surface area (Å²) < 4.78 is 5.30. The van der Waals surface area contributed by atoms with Crippen LogP contribution in [0.2, 0.25) is 5.02 Å². The molecule has 0 aliphatic rings. The molecule has 8 nitrogen and oxygen atoms in total. The molecule has 0 fully saturated rings. The van der Waals surface area contributed by atoms with Gasteiger partial charge in [-0.3, -0.25) is 15.1 Å². The van der Waals surface area contributed by atoms with Crippen LogP contribution in [0.3, 0.4) is 0 Å². The molecule has 1 aromatic heterocycles. The second-order valence-electron chi connectivity index (χ2n) is 3.74. The average molecular weight is 297 g/mol. The third-order valence-corrected chi connectivity index (χ3v) is 2.75. The van der Waals surface area contributed by atoms with E-state index in [0.717, 1.165) is 0 Å². The molecule has 2 rings (SSSR count). The highest BCUT2D eigenvalue weighted by Crippen LogP contribution is 2.38. The summed E-state index contributed by atoms with van der Waals surface area (Å²) in [7, 11) is 0. The van der Waals surface area contributed by atoms with Crippen molar-refractivity contribution in [1.82, 2.24) is 4.98 Å². The highest BCUT2D eigenvalue weighted by Gasteiger charge is 2.20. The van der Waals surface area contributed by atoms with Gasteiger partial charge in [0.1, 0.15) is 12.1 Å². The molecular formula is C11H9ClN4O4. The SMILES string of the molecule is N/C(COc1c(Cl)cc([N+](=O)[O-])c2cccnc12)=N\O. The quantitative estimate of drug-likeness (QED) is 0.292. The average Bonchev–Trinajstić information content (AvgIpc) is 2.45. The fourth-order valence-corrected chi connectivity index (χ4v) is 1.88. The highest BCUT2D eigenvalue weighted by molar-refractivity contribution is 6.33. The van der Waals surface area contributed by atoms with Crippen LogP contribution in [0.25, 0.3) is 10.9 Å². The number of benzene rings is 1. The summed E-state index contributed by atoms with van der Waals surface area (Å²) in [6.45, 7) is -0.223. The molecule has 0 radical (unpaired) electrons. The zero-order valence-corrected chi connectivity index (χ0v) is 10.7. The molecule has 0 unspecified atom stereocenters. The standard InChI is InChI=1S/C11H9ClN4O4/c12-7-4-8(16(18)19)6-2-1-3-14-10(6)11(7)20-5-9(13)15-17/h1-4,17H,5H2,(H2,13,15). The maximum atomic E-state index is 11.0. The predicted molar refractivity (Wildman–Crippen MR) is 72.3 cm³/mol. The zero-order valence-electron chi connectivity index (χ0n) is 9.99. The molecule has 0 aliphatic carbocycles. The Balaban J connectivity index is 2.58. The lowest BCUT2D eigenvalue weighted by molar-refractivity contribution is -0.383. The van der Waals surface area contributed by atoms with Crippen LogP contribution in [-0.2, 0) is 0 Å². The summed E-state index contributed by atoms with van der Waals surface area (Å²) >= 11 is 5.97. The van der Waals surface area contributed by atoms with Crippen LogP contribution in [0.15, 0.2) is 29.6 Å². The molecule has 0 bridgehead atoms. The van der Waals surface area contributed by atoms with Crippen molar-refractivity contribution < 1.29 is 14.9 Å². The van der Waals surface area contributed by atoms with Gasteiger partial charge in [0.25, 0.3) is 5.69 Å². The number of hydrogen-bond acceptors (Lipinski definition) is 6. The molecule has 0 saturated carbocycles. The van der Waals surface area contributed by atoms with Crippen molar-refractivity contribution in [3.05, 3.63) is 39.5 Å². The summed E-state index contributed by atoms with van der Waals surface area (Å²) in [4.78, 5) is 14.5. The maximum absolute atomic E-state index is 11.0. The van der Waals surface area contributed by atoms with Gasteiger partial charge in [0, 0.05) is 12.3 Å². The second-order valence-corrected chi connectivity index (χ2v) is 4.15. The van der Waals surface area contributed by atoms with Gasteiger partial charge in [0.15, 0.2) is 11.6 Å². The number of halogens is 1. The van der Waals surface area contributed by atoms with Crippen molar-refractivity contribution in [3.63, 3.8) is 0 Å². The Morgan fingerprint density at radius 3 is 3.05 bits per heavy atom. The van der Waals surface area contributed by atoms with Crippen molar-refractivity contribution in [2.75, 3.05) is 6.61 Å². The summed E-state index contributed by atoms with van der Waals surface area (Å²) in [5.74, 6) is -0.0250. The summed E-state index contributed by atoms with van der Waals surface area (Å²) in [6, 6.07) is 4.27. The van der Waals surface area contributed by atoms with Crippen LogP contribution in [0.5, 0.6) is 5.75 Å². The van der Waals surface area contributed by atoms with Crippen molar-refractivity contribution in [2.45, 2.75) is 0 Å². The van der Waals surface area contributed by atoms with E-state index in [4.69, 9.17) is 27.3 Å². The number of aromatic nitrogens is 1. The first-order valence-corrected chi connectivity index (χ1v) is 5.73. The van der Waals surface area contributed by atoms with Crippen molar-refractivity contribution in [1.29, 1.82) is 0 Å². The van der Waals surface area contributed by atoms with Crippen LogP contribution in [0, 0.1) is 10.1 Å². The third kappa shape index (κ3) is 2.54. The number of pyridine rings is 1. The summed E-state index contributed by atoms with van der Waals surface area (Å²) in [5, 5.41) is 22.5. The van der Waals surface area contributed by atoms with E-state index in [2.05, 4.69) is 10.1 Å². The van der Waals surface area contributed by atoms with Crippen molar-refractivity contribution in [3.8, 4) is 5.75 Å². The Labute approximate surface area is 117 Å². The topological polar surface area (TPSA) is 124 Å². The number of ether oxygens (including phenoxy) is 1. The molecule has 20 heavy (non-hydrogen) atoms. The first-order chi connectivity index (χ1) is 9.54. The molecule has 0 atom stereocenters. The number of rotatable bonds is 4. The molecule has 0 aliphatic heterocycles. The molecule has 2 aromatic rings. The number of amidine groups is 1. The minimum Gasteiger partial charge on any atom is -0.482 e.